The molecule has 1 aliphatic heterocycles. The Balaban J connectivity index is 1.52. The fourth-order valence-electron chi connectivity index (χ4n) is 4.82. The smallest absolute Gasteiger partial charge is 0.337 e. The van der Waals surface area contributed by atoms with Gasteiger partial charge in [-0.05, 0) is 61.2 Å². The Morgan fingerprint density at radius 1 is 0.872 bits per heavy atom. The molecule has 5 rings (SSSR count). The lowest BCUT2D eigenvalue weighted by Crippen LogP contribution is -2.45. The van der Waals surface area contributed by atoms with E-state index in [4.69, 9.17) is 33.0 Å². The lowest BCUT2D eigenvalue weighted by atomic mass is 10.00. The highest BCUT2D eigenvalue weighted by atomic mass is 35.5. The number of piperidine rings is 1. The van der Waals surface area contributed by atoms with E-state index in [1.807, 2.05) is 48.3 Å². The summed E-state index contributed by atoms with van der Waals surface area (Å²) in [6.45, 7) is 3.54. The number of halogens is 2. The summed E-state index contributed by atoms with van der Waals surface area (Å²) in [5, 5.41) is 7.63. The molecular formula is C30H28Cl2N4O3. The number of benzene rings is 3. The first-order valence-electron chi connectivity index (χ1n) is 12.8. The number of methoxy groups -OCH3 is 1. The summed E-state index contributed by atoms with van der Waals surface area (Å²) in [6.07, 6.45) is 3.28. The van der Waals surface area contributed by atoms with Gasteiger partial charge in [-0.2, -0.15) is 5.10 Å². The summed E-state index contributed by atoms with van der Waals surface area (Å²) in [4.78, 5) is 25.1. The molecule has 0 spiro atoms. The van der Waals surface area contributed by atoms with Crippen molar-refractivity contribution in [2.24, 2.45) is 0 Å². The predicted octanol–water partition coefficient (Wildman–Crippen LogP) is 6.74. The van der Waals surface area contributed by atoms with Gasteiger partial charge in [0.15, 0.2) is 5.69 Å². The largest absolute Gasteiger partial charge is 0.465 e. The number of nitrogens with zero attached hydrogens (tertiary/aromatic N) is 3. The summed E-state index contributed by atoms with van der Waals surface area (Å²) < 4.78 is 6.49. The molecular weight excluding hydrogens is 535 g/mol. The van der Waals surface area contributed by atoms with E-state index >= 15 is 0 Å². The number of aromatic nitrogens is 2. The van der Waals surface area contributed by atoms with Crippen molar-refractivity contribution >= 4 is 35.1 Å². The van der Waals surface area contributed by atoms with Crippen molar-refractivity contribution in [3.63, 3.8) is 0 Å². The van der Waals surface area contributed by atoms with Crippen molar-refractivity contribution in [1.29, 1.82) is 0 Å². The van der Waals surface area contributed by atoms with Crippen LogP contribution in [0.3, 0.4) is 0 Å². The molecule has 0 aliphatic carbocycles. The summed E-state index contributed by atoms with van der Waals surface area (Å²) in [5.41, 5.74) is 8.79. The number of hydrazine groups is 1. The quantitative estimate of drug-likeness (QED) is 0.263. The number of amides is 1. The number of esters is 1. The van der Waals surface area contributed by atoms with Gasteiger partial charge in [0.05, 0.1) is 29.1 Å². The van der Waals surface area contributed by atoms with Gasteiger partial charge < -0.3 is 4.74 Å². The minimum absolute atomic E-state index is 0.248. The molecule has 1 aliphatic rings. The first-order chi connectivity index (χ1) is 18.9. The number of nitrogens with one attached hydrogen (secondary N) is 1. The van der Waals surface area contributed by atoms with Crippen LogP contribution >= 0.6 is 23.2 Å². The first kappa shape index (κ1) is 26.9. The molecule has 1 amide bonds. The maximum atomic E-state index is 13.3. The van der Waals surface area contributed by atoms with Crippen LogP contribution in [0.4, 0.5) is 0 Å². The third kappa shape index (κ3) is 5.71. The Morgan fingerprint density at radius 3 is 2.10 bits per heavy atom. The Bertz CT molecular complexity index is 1510. The molecule has 0 atom stereocenters. The van der Waals surface area contributed by atoms with Gasteiger partial charge in [-0.1, -0.05) is 66.0 Å². The molecule has 3 aromatic carbocycles. The molecule has 0 radical (unpaired) electrons. The molecule has 1 aromatic heterocycles. The third-order valence-corrected chi connectivity index (χ3v) is 7.43. The van der Waals surface area contributed by atoms with Gasteiger partial charge in [-0.3, -0.25) is 10.2 Å². The molecule has 0 unspecified atom stereocenters. The number of carbonyl (C=O) groups excluding carboxylic acids is 2. The zero-order chi connectivity index (χ0) is 27.5. The second-order valence-electron chi connectivity index (χ2n) is 9.46. The van der Waals surface area contributed by atoms with Crippen LogP contribution in [0.5, 0.6) is 0 Å². The zero-order valence-corrected chi connectivity index (χ0v) is 23.2. The Morgan fingerprint density at radius 2 is 1.49 bits per heavy atom. The second-order valence-corrected chi connectivity index (χ2v) is 10.3. The topological polar surface area (TPSA) is 76.5 Å². The van der Waals surface area contributed by atoms with Gasteiger partial charge in [0.1, 0.15) is 0 Å². The van der Waals surface area contributed by atoms with E-state index in [9.17, 15) is 9.59 Å². The highest BCUT2D eigenvalue weighted by Crippen LogP contribution is 2.34. The van der Waals surface area contributed by atoms with Crippen molar-refractivity contribution in [2.75, 3.05) is 20.2 Å². The summed E-state index contributed by atoms with van der Waals surface area (Å²) in [5.74, 6) is -0.622. The van der Waals surface area contributed by atoms with Crippen LogP contribution in [0.15, 0.2) is 66.7 Å². The van der Waals surface area contributed by atoms with Crippen LogP contribution in [0.2, 0.25) is 10.0 Å². The van der Waals surface area contributed by atoms with Crippen molar-refractivity contribution in [3.8, 4) is 28.1 Å². The van der Waals surface area contributed by atoms with Gasteiger partial charge in [-0.15, -0.1) is 0 Å². The highest BCUT2D eigenvalue weighted by Gasteiger charge is 2.25. The molecule has 39 heavy (non-hydrogen) atoms. The number of ether oxygens (including phenoxy) is 1. The van der Waals surface area contributed by atoms with Crippen molar-refractivity contribution in [3.05, 3.63) is 93.6 Å². The fraction of sp³-hybridized carbons (Fsp3) is 0.233. The van der Waals surface area contributed by atoms with Crippen LogP contribution in [-0.4, -0.2) is 46.9 Å². The minimum Gasteiger partial charge on any atom is -0.465 e. The van der Waals surface area contributed by atoms with E-state index in [-0.39, 0.29) is 11.9 Å². The van der Waals surface area contributed by atoms with Crippen LogP contribution < -0.4 is 5.43 Å². The van der Waals surface area contributed by atoms with Crippen LogP contribution in [0.25, 0.3) is 28.1 Å². The van der Waals surface area contributed by atoms with Crippen molar-refractivity contribution in [1.82, 2.24) is 20.2 Å². The average molecular weight is 563 g/mol. The van der Waals surface area contributed by atoms with Crippen LogP contribution in [-0.2, 0) is 4.74 Å². The zero-order valence-electron chi connectivity index (χ0n) is 21.7. The molecule has 2 heterocycles. The molecule has 1 fully saturated rings. The van der Waals surface area contributed by atoms with Crippen molar-refractivity contribution < 1.29 is 14.3 Å². The van der Waals surface area contributed by atoms with Gasteiger partial charge in [0.2, 0.25) is 0 Å². The summed E-state index contributed by atoms with van der Waals surface area (Å²) in [7, 11) is 1.36. The monoisotopic (exact) mass is 562 g/mol. The molecule has 0 saturated carbocycles. The molecule has 4 aromatic rings. The van der Waals surface area contributed by atoms with Gasteiger partial charge >= 0.3 is 5.97 Å². The standard InChI is InChI=1S/C30H28Cl2N4O3/c1-19-27(29(37)34-35-16-4-3-5-17-35)33-36(26-15-14-24(31)18-25(26)32)28(19)22-10-6-20(7-11-22)21-8-12-23(13-9-21)30(38)39-2/h6-15,18H,3-5,16-17H2,1-2H3,(H,34,37). The predicted molar refractivity (Wildman–Crippen MR) is 153 cm³/mol. The minimum atomic E-state index is -0.373. The lowest BCUT2D eigenvalue weighted by Gasteiger charge is -2.26. The van der Waals surface area contributed by atoms with E-state index in [1.165, 1.54) is 13.5 Å². The van der Waals surface area contributed by atoms with E-state index in [0.717, 1.165) is 53.9 Å². The maximum Gasteiger partial charge on any atom is 0.337 e. The molecule has 1 N–H and O–H groups in total. The lowest BCUT2D eigenvalue weighted by molar-refractivity contribution is 0.0600. The number of hydrogen-bond donors (Lipinski definition) is 1. The highest BCUT2D eigenvalue weighted by molar-refractivity contribution is 6.35. The molecule has 1 saturated heterocycles. The van der Waals surface area contributed by atoms with Gasteiger partial charge in [-0.25, -0.2) is 14.5 Å². The fourth-order valence-corrected chi connectivity index (χ4v) is 5.31. The average Bonchev–Trinajstić information content (AvgIpc) is 3.30. The number of hydrogen-bond acceptors (Lipinski definition) is 5. The molecule has 9 heteroatoms. The van der Waals surface area contributed by atoms with Gasteiger partial charge in [0.25, 0.3) is 5.91 Å². The first-order valence-corrected chi connectivity index (χ1v) is 13.5. The SMILES string of the molecule is COC(=O)c1ccc(-c2ccc(-c3c(C)c(C(=O)NN4CCCCC4)nn3-c3ccc(Cl)cc3Cl)cc2)cc1. The van der Waals surface area contributed by atoms with E-state index < -0.39 is 0 Å². The normalized spacial score (nSPS) is 13.7. The Hall–Kier alpha value is -3.65. The van der Waals surface area contributed by atoms with E-state index in [0.29, 0.717) is 27.0 Å². The summed E-state index contributed by atoms with van der Waals surface area (Å²) >= 11 is 12.7. The molecule has 7 nitrogen and oxygen atoms in total. The van der Waals surface area contributed by atoms with E-state index in [1.54, 1.807) is 35.0 Å². The van der Waals surface area contributed by atoms with E-state index in [2.05, 4.69) is 5.43 Å². The maximum absolute atomic E-state index is 13.3. The van der Waals surface area contributed by atoms with Crippen molar-refractivity contribution in [2.45, 2.75) is 26.2 Å². The molecule has 200 valence electrons. The summed E-state index contributed by atoms with van der Waals surface area (Å²) in [6, 6.07) is 20.4. The van der Waals surface area contributed by atoms with Crippen LogP contribution in [0, 0.1) is 6.92 Å². The van der Waals surface area contributed by atoms with Crippen LogP contribution in [0.1, 0.15) is 45.7 Å². The third-order valence-electron chi connectivity index (χ3n) is 6.89. The number of rotatable bonds is 6. The number of carbonyl (C=O) groups is 2. The molecule has 0 bridgehead atoms. The Kier molecular flexibility index (Phi) is 8.02. The Labute approximate surface area is 237 Å². The van der Waals surface area contributed by atoms with Gasteiger partial charge in [0, 0.05) is 29.2 Å². The second kappa shape index (κ2) is 11.6.